The molecule has 0 spiro atoms. The summed E-state index contributed by atoms with van der Waals surface area (Å²) in [5, 5.41) is 24.5. The fraction of sp³-hybridized carbons (Fsp3) is 0.294. The summed E-state index contributed by atoms with van der Waals surface area (Å²) in [5.41, 5.74) is 8.21. The van der Waals surface area contributed by atoms with Crippen molar-refractivity contribution in [2.75, 3.05) is 25.0 Å². The van der Waals surface area contributed by atoms with Gasteiger partial charge in [-0.3, -0.25) is 9.59 Å². The van der Waals surface area contributed by atoms with Crippen LogP contribution in [-0.4, -0.2) is 56.7 Å². The highest BCUT2D eigenvalue weighted by Crippen LogP contribution is 2.42. The molecule has 3 atom stereocenters. The third-order valence-electron chi connectivity index (χ3n) is 12.1. The second kappa shape index (κ2) is 22.2. The summed E-state index contributed by atoms with van der Waals surface area (Å²) in [7, 11) is -1.67. The monoisotopic (exact) mass is 977 g/mol. The number of nitriles is 1. The van der Waals surface area contributed by atoms with Crippen molar-refractivity contribution in [3.05, 3.63) is 152 Å². The Morgan fingerprint density at radius 2 is 1.64 bits per heavy atom. The fourth-order valence-electron chi connectivity index (χ4n) is 8.49. The number of nitrogens with one attached hydrogen (secondary N) is 2. The van der Waals surface area contributed by atoms with Gasteiger partial charge in [-0.25, -0.2) is 13.5 Å². The first-order chi connectivity index (χ1) is 32.6. The molecule has 3 unspecified atom stereocenters. The van der Waals surface area contributed by atoms with Gasteiger partial charge < -0.3 is 30.0 Å². The van der Waals surface area contributed by atoms with Crippen LogP contribution in [-0.2, 0) is 46.6 Å². The molecule has 0 radical (unpaired) electrons. The molecule has 1 aliphatic carbocycles. The summed E-state index contributed by atoms with van der Waals surface area (Å²) in [5.74, 6) is 2.36. The smallest absolute Gasteiger partial charge is 0.290 e. The fourth-order valence-corrected chi connectivity index (χ4v) is 11.5. The van der Waals surface area contributed by atoms with Crippen LogP contribution in [0, 0.1) is 24.2 Å². The Morgan fingerprint density at radius 1 is 0.955 bits per heavy atom. The standard InChI is InChI=1S/C50H47Cl2N5O5S2.CH2O2/c1-31-49(63-50(56-31)55-27-34-4-2-3-5-34)64(59)57-28-40-25-46-45(61-30-47(62-46)38-15-17-41(18-16-38)60-29-35-10-19-42(51)43(52)22-35)24-39(40)23-44(57)48(58)54-21-20-32-6-11-36(12-7-32)37-13-8-33(26-53)9-14-37;2-1-3/h6-19,22,24-25,34,44,47H,2-5,20-21,23,27-30H2,1H3,(H,54,58)(H,55,56);1H,(H,2,3). The molecule has 12 nitrogen and oxygen atoms in total. The van der Waals surface area contributed by atoms with Crippen LogP contribution in [0.3, 0.4) is 0 Å². The van der Waals surface area contributed by atoms with Crippen molar-refractivity contribution in [1.82, 2.24) is 14.6 Å². The number of benzene rings is 5. The summed E-state index contributed by atoms with van der Waals surface area (Å²) in [4.78, 5) is 27.3. The zero-order chi connectivity index (χ0) is 46.9. The van der Waals surface area contributed by atoms with Crippen LogP contribution in [0.25, 0.3) is 11.1 Å². The van der Waals surface area contributed by atoms with Crippen LogP contribution >= 0.6 is 34.5 Å². The number of hydrogen-bond acceptors (Lipinski definition) is 10. The van der Waals surface area contributed by atoms with Crippen LogP contribution in [0.5, 0.6) is 17.2 Å². The Hall–Kier alpha value is -5.95. The van der Waals surface area contributed by atoms with E-state index >= 15 is 0 Å². The maximum Gasteiger partial charge on any atom is 0.290 e. The zero-order valence-electron chi connectivity index (χ0n) is 36.7. The van der Waals surface area contributed by atoms with Crippen molar-refractivity contribution in [1.29, 1.82) is 5.26 Å². The molecule has 3 aliphatic rings. The highest BCUT2D eigenvalue weighted by molar-refractivity contribution is 7.85. The molecule has 3 N–H and O–H groups in total. The number of aromatic nitrogens is 1. The van der Waals surface area contributed by atoms with Crippen LogP contribution in [0.4, 0.5) is 5.13 Å². The molecule has 1 saturated carbocycles. The summed E-state index contributed by atoms with van der Waals surface area (Å²) < 4.78 is 36.0. The number of hydrogen-bond donors (Lipinski definition) is 3. The molecule has 0 saturated heterocycles. The third kappa shape index (κ3) is 11.8. The van der Waals surface area contributed by atoms with Gasteiger partial charge >= 0.3 is 0 Å². The second-order valence-electron chi connectivity index (χ2n) is 16.6. The molecule has 0 bridgehead atoms. The maximum absolute atomic E-state index is 14.7. The van der Waals surface area contributed by atoms with E-state index in [1.54, 1.807) is 16.4 Å². The van der Waals surface area contributed by atoms with E-state index in [1.807, 2.05) is 73.7 Å². The summed E-state index contributed by atoms with van der Waals surface area (Å²) in [6.45, 7) is 3.84. The molecule has 2 aliphatic heterocycles. The molecular weight excluding hydrogens is 930 g/mol. The lowest BCUT2D eigenvalue weighted by atomic mass is 9.94. The van der Waals surface area contributed by atoms with Crippen LogP contribution in [0.1, 0.15) is 70.9 Å². The number of aryl methyl sites for hydroxylation is 1. The quantitative estimate of drug-likeness (QED) is 0.0896. The number of carbonyl (C=O) groups is 2. The molecule has 16 heteroatoms. The highest BCUT2D eigenvalue weighted by Gasteiger charge is 2.38. The van der Waals surface area contributed by atoms with Crippen molar-refractivity contribution in [2.24, 2.45) is 5.92 Å². The number of amides is 1. The topological polar surface area (TPSA) is 163 Å². The third-order valence-corrected chi connectivity index (χ3v) is 15.9. The van der Waals surface area contributed by atoms with Crippen molar-refractivity contribution in [3.63, 3.8) is 0 Å². The van der Waals surface area contributed by atoms with Gasteiger partial charge in [-0.2, -0.15) is 5.26 Å². The number of ether oxygens (including phenoxy) is 3. The minimum atomic E-state index is -1.67. The predicted molar refractivity (Wildman–Crippen MR) is 261 cm³/mol. The van der Waals surface area contributed by atoms with Crippen molar-refractivity contribution < 1.29 is 33.1 Å². The molecule has 1 amide bonds. The van der Waals surface area contributed by atoms with Gasteiger partial charge in [0.15, 0.2) is 22.7 Å². The lowest BCUT2D eigenvalue weighted by molar-refractivity contribution is -0.125. The average Bonchev–Trinajstić information content (AvgIpc) is 4.02. The van der Waals surface area contributed by atoms with Gasteiger partial charge in [0, 0.05) is 19.6 Å². The first-order valence-corrected chi connectivity index (χ1v) is 24.7. The van der Waals surface area contributed by atoms with Crippen molar-refractivity contribution in [2.45, 2.75) is 75.0 Å². The highest BCUT2D eigenvalue weighted by atomic mass is 35.5. The molecule has 6 aromatic rings. The normalized spacial score (nSPS) is 17.0. The van der Waals surface area contributed by atoms with Gasteiger partial charge in [0.1, 0.15) is 40.2 Å². The number of carbonyl (C=O) groups excluding carboxylic acids is 1. The number of nitrogens with zero attached hydrogens (tertiary/aromatic N) is 3. The van der Waals surface area contributed by atoms with E-state index in [0.29, 0.717) is 81.3 Å². The van der Waals surface area contributed by atoms with Crippen molar-refractivity contribution in [3.8, 4) is 34.4 Å². The van der Waals surface area contributed by atoms with Gasteiger partial charge in [0.25, 0.3) is 6.47 Å². The van der Waals surface area contributed by atoms with Crippen molar-refractivity contribution >= 4 is 63.0 Å². The number of rotatable bonds is 14. The molecule has 67 heavy (non-hydrogen) atoms. The Morgan fingerprint density at radius 3 is 2.34 bits per heavy atom. The van der Waals surface area contributed by atoms with Crippen LogP contribution < -0.4 is 24.8 Å². The largest absolute Gasteiger partial charge is 0.489 e. The average molecular weight is 979 g/mol. The maximum atomic E-state index is 14.7. The van der Waals surface area contributed by atoms with E-state index in [9.17, 15) is 9.00 Å². The number of halogens is 2. The second-order valence-corrected chi connectivity index (χ2v) is 20.0. The molecule has 1 fully saturated rings. The molecular formula is C51H49Cl2N5O7S2. The zero-order valence-corrected chi connectivity index (χ0v) is 39.9. The van der Waals surface area contributed by atoms with Gasteiger partial charge in [-0.1, -0.05) is 102 Å². The van der Waals surface area contributed by atoms with E-state index in [1.165, 1.54) is 37.0 Å². The lowest BCUT2D eigenvalue weighted by Crippen LogP contribution is -2.51. The van der Waals surface area contributed by atoms with Gasteiger partial charge in [-0.15, -0.1) is 0 Å². The summed E-state index contributed by atoms with van der Waals surface area (Å²) in [6, 6.07) is 34.3. The van der Waals surface area contributed by atoms with E-state index in [4.69, 9.17) is 57.6 Å². The van der Waals surface area contributed by atoms with E-state index in [2.05, 4.69) is 41.0 Å². The molecule has 3 heterocycles. The molecule has 5 aromatic carbocycles. The Kier molecular flexibility index (Phi) is 15.8. The summed E-state index contributed by atoms with van der Waals surface area (Å²) >= 11 is 13.6. The van der Waals surface area contributed by atoms with E-state index in [0.717, 1.165) is 50.6 Å². The predicted octanol–water partition coefficient (Wildman–Crippen LogP) is 10.5. The molecule has 1 aromatic heterocycles. The Bertz CT molecular complexity index is 2760. The Labute approximate surface area is 406 Å². The number of thiazole rings is 1. The minimum absolute atomic E-state index is 0.186. The van der Waals surface area contributed by atoms with Crippen LogP contribution in [0.15, 0.2) is 107 Å². The SMILES string of the molecule is Cc1nc(NCC2CCCC2)sc1S(=O)N1Cc2cc3c(cc2CC1C(=O)NCCc1ccc(-c2ccc(C#N)cc2)cc1)OCC(c1ccc(OCc2ccc(Cl)c(Cl)c2)cc1)O3.O=CO. The molecule has 9 rings (SSSR count). The van der Waals surface area contributed by atoms with Gasteiger partial charge in [0.05, 0.1) is 27.4 Å². The van der Waals surface area contributed by atoms with Gasteiger partial charge in [0.2, 0.25) is 5.91 Å². The number of anilines is 1. The van der Waals surface area contributed by atoms with Crippen LogP contribution in [0.2, 0.25) is 10.0 Å². The lowest BCUT2D eigenvalue weighted by Gasteiger charge is -2.36. The van der Waals surface area contributed by atoms with E-state index in [-0.39, 0.29) is 25.0 Å². The number of fused-ring (bicyclic) bond motifs is 2. The molecule has 346 valence electrons. The Balaban J connectivity index is 0.00000198. The van der Waals surface area contributed by atoms with E-state index < -0.39 is 17.0 Å². The van der Waals surface area contributed by atoms with Gasteiger partial charge in [-0.05, 0) is 126 Å². The number of carboxylic acid groups (broad SMARTS) is 1. The first kappa shape index (κ1) is 47.5. The minimum Gasteiger partial charge on any atom is -0.489 e. The first-order valence-electron chi connectivity index (χ1n) is 22.1. The summed E-state index contributed by atoms with van der Waals surface area (Å²) in [6.07, 6.45) is 5.57.